The van der Waals surface area contributed by atoms with Crippen molar-refractivity contribution in [2.75, 3.05) is 20.3 Å². The zero-order chi connectivity index (χ0) is 13.4. The fourth-order valence-electron chi connectivity index (χ4n) is 1.35. The quantitative estimate of drug-likeness (QED) is 0.683. The van der Waals surface area contributed by atoms with Crippen molar-refractivity contribution < 1.29 is 19.4 Å². The van der Waals surface area contributed by atoms with Crippen molar-refractivity contribution in [3.63, 3.8) is 0 Å². The topological polar surface area (TPSA) is 67.8 Å². The zero-order valence-corrected chi connectivity index (χ0v) is 10.7. The summed E-state index contributed by atoms with van der Waals surface area (Å²) in [5.41, 5.74) is 1.11. The Hall–Kier alpha value is -1.59. The van der Waals surface area contributed by atoms with Gasteiger partial charge in [-0.05, 0) is 24.6 Å². The van der Waals surface area contributed by atoms with Crippen LogP contribution in [0.4, 0.5) is 0 Å². The molecule has 0 amide bonds. The molecule has 0 saturated carbocycles. The summed E-state index contributed by atoms with van der Waals surface area (Å²) >= 11 is 0. The molecule has 0 spiro atoms. The highest BCUT2D eigenvalue weighted by molar-refractivity contribution is 5.72. The first-order chi connectivity index (χ1) is 8.63. The van der Waals surface area contributed by atoms with Crippen LogP contribution in [0.2, 0.25) is 0 Å². The maximum Gasteiger partial charge on any atom is 0.344 e. The number of carboxylic acids is 1. The highest BCUT2D eigenvalue weighted by Gasteiger charge is 2.11. The van der Waals surface area contributed by atoms with Gasteiger partial charge in [-0.25, -0.2) is 4.79 Å². The highest BCUT2D eigenvalue weighted by Crippen LogP contribution is 2.13. The molecule has 0 fully saturated rings. The molecule has 0 heterocycles. The summed E-state index contributed by atoms with van der Waals surface area (Å²) in [7, 11) is 1.66. The van der Waals surface area contributed by atoms with Crippen molar-refractivity contribution in [2.24, 2.45) is 0 Å². The van der Waals surface area contributed by atoms with E-state index < -0.39 is 12.1 Å². The number of carbonyl (C=O) groups is 1. The summed E-state index contributed by atoms with van der Waals surface area (Å²) in [6, 6.07) is 7.35. The van der Waals surface area contributed by atoms with Crippen LogP contribution in [0.1, 0.15) is 12.5 Å². The Balaban J connectivity index is 2.40. The average molecular weight is 253 g/mol. The third-order valence-corrected chi connectivity index (χ3v) is 2.40. The van der Waals surface area contributed by atoms with Gasteiger partial charge in [0.05, 0.1) is 6.61 Å². The van der Waals surface area contributed by atoms with Crippen LogP contribution in [0.25, 0.3) is 0 Å². The van der Waals surface area contributed by atoms with E-state index in [2.05, 4.69) is 5.32 Å². The number of carboxylic acid groups (broad SMARTS) is 1. The molecule has 1 rings (SSSR count). The molecule has 0 aromatic heterocycles. The lowest BCUT2D eigenvalue weighted by Crippen LogP contribution is -2.22. The first-order valence-electron chi connectivity index (χ1n) is 5.81. The van der Waals surface area contributed by atoms with Gasteiger partial charge in [0.15, 0.2) is 6.10 Å². The van der Waals surface area contributed by atoms with E-state index in [4.69, 9.17) is 14.6 Å². The Morgan fingerprint density at radius 3 is 2.61 bits per heavy atom. The monoisotopic (exact) mass is 253 g/mol. The molecule has 0 bridgehead atoms. The molecule has 0 radical (unpaired) electrons. The summed E-state index contributed by atoms with van der Waals surface area (Å²) in [5, 5.41) is 11.9. The van der Waals surface area contributed by atoms with Crippen LogP contribution in [0.3, 0.4) is 0 Å². The Labute approximate surface area is 107 Å². The Morgan fingerprint density at radius 1 is 1.39 bits per heavy atom. The number of nitrogens with one attached hydrogen (secondary N) is 1. The maximum absolute atomic E-state index is 10.6. The molecule has 1 atom stereocenters. The molecule has 1 aromatic carbocycles. The second kappa shape index (κ2) is 7.68. The summed E-state index contributed by atoms with van der Waals surface area (Å²) in [6.45, 7) is 3.72. The van der Waals surface area contributed by atoms with Crippen molar-refractivity contribution in [1.29, 1.82) is 0 Å². The number of aliphatic carboxylic acids is 1. The van der Waals surface area contributed by atoms with E-state index in [1.807, 2.05) is 12.1 Å². The highest BCUT2D eigenvalue weighted by atomic mass is 16.5. The first-order valence-corrected chi connectivity index (χ1v) is 5.81. The van der Waals surface area contributed by atoms with Gasteiger partial charge in [0.1, 0.15) is 5.75 Å². The number of hydrogen-bond acceptors (Lipinski definition) is 4. The van der Waals surface area contributed by atoms with E-state index in [1.165, 1.54) is 6.92 Å². The van der Waals surface area contributed by atoms with E-state index in [9.17, 15) is 4.79 Å². The summed E-state index contributed by atoms with van der Waals surface area (Å²) in [4.78, 5) is 10.6. The Bertz CT molecular complexity index is 364. The number of methoxy groups -OCH3 is 1. The maximum atomic E-state index is 10.6. The second-order valence-electron chi connectivity index (χ2n) is 3.91. The van der Waals surface area contributed by atoms with Crippen LogP contribution in [-0.4, -0.2) is 37.4 Å². The third kappa shape index (κ3) is 5.16. The van der Waals surface area contributed by atoms with Crippen molar-refractivity contribution in [2.45, 2.75) is 19.6 Å². The molecule has 5 nitrogen and oxygen atoms in total. The van der Waals surface area contributed by atoms with Crippen LogP contribution in [0.5, 0.6) is 5.75 Å². The van der Waals surface area contributed by atoms with Crippen LogP contribution < -0.4 is 10.1 Å². The number of ether oxygens (including phenoxy) is 2. The first kappa shape index (κ1) is 14.5. The Kier molecular flexibility index (Phi) is 6.18. The lowest BCUT2D eigenvalue weighted by Gasteiger charge is -2.11. The summed E-state index contributed by atoms with van der Waals surface area (Å²) < 4.78 is 10.2. The number of rotatable bonds is 8. The van der Waals surface area contributed by atoms with Gasteiger partial charge in [0, 0.05) is 20.2 Å². The van der Waals surface area contributed by atoms with Crippen LogP contribution in [0.15, 0.2) is 24.3 Å². The van der Waals surface area contributed by atoms with Crippen LogP contribution in [-0.2, 0) is 16.1 Å². The third-order valence-electron chi connectivity index (χ3n) is 2.40. The second-order valence-corrected chi connectivity index (χ2v) is 3.91. The summed E-state index contributed by atoms with van der Waals surface area (Å²) in [6.07, 6.45) is -0.837. The lowest BCUT2D eigenvalue weighted by atomic mass is 10.2. The fraction of sp³-hybridized carbons (Fsp3) is 0.462. The normalized spacial score (nSPS) is 12.1. The predicted octanol–water partition coefficient (Wildman–Crippen LogP) is 1.27. The smallest absolute Gasteiger partial charge is 0.344 e. The minimum absolute atomic E-state index is 0.561. The van der Waals surface area contributed by atoms with Gasteiger partial charge in [0.25, 0.3) is 0 Å². The minimum Gasteiger partial charge on any atom is -0.479 e. The van der Waals surface area contributed by atoms with E-state index in [-0.39, 0.29) is 0 Å². The average Bonchev–Trinajstić information content (AvgIpc) is 2.36. The molecule has 18 heavy (non-hydrogen) atoms. The van der Waals surface area contributed by atoms with Crippen molar-refractivity contribution in [3.05, 3.63) is 29.8 Å². The van der Waals surface area contributed by atoms with Gasteiger partial charge in [-0.1, -0.05) is 12.1 Å². The SMILES string of the molecule is COCCNCc1ccc(OC(C)C(=O)O)cc1. The standard InChI is InChI=1S/C13H19NO4/c1-10(13(15)16)18-12-5-3-11(4-6-12)9-14-7-8-17-2/h3-6,10,14H,7-9H2,1-2H3,(H,15,16). The van der Waals surface area contributed by atoms with Crippen molar-refractivity contribution in [1.82, 2.24) is 5.32 Å². The van der Waals surface area contributed by atoms with E-state index >= 15 is 0 Å². The molecule has 1 unspecified atom stereocenters. The van der Waals surface area contributed by atoms with E-state index in [0.29, 0.717) is 12.4 Å². The number of hydrogen-bond donors (Lipinski definition) is 2. The molecule has 5 heteroatoms. The van der Waals surface area contributed by atoms with Gasteiger partial charge in [0.2, 0.25) is 0 Å². The van der Waals surface area contributed by atoms with Gasteiger partial charge < -0.3 is 19.9 Å². The van der Waals surface area contributed by atoms with E-state index in [0.717, 1.165) is 18.7 Å². The van der Waals surface area contributed by atoms with Crippen molar-refractivity contribution >= 4 is 5.97 Å². The molecule has 1 aromatic rings. The van der Waals surface area contributed by atoms with Gasteiger partial charge >= 0.3 is 5.97 Å². The van der Waals surface area contributed by atoms with Crippen molar-refractivity contribution in [3.8, 4) is 5.75 Å². The largest absolute Gasteiger partial charge is 0.479 e. The Morgan fingerprint density at radius 2 is 2.06 bits per heavy atom. The molecular weight excluding hydrogens is 234 g/mol. The van der Waals surface area contributed by atoms with Crippen LogP contribution >= 0.6 is 0 Å². The summed E-state index contributed by atoms with van der Waals surface area (Å²) in [5.74, 6) is -0.411. The lowest BCUT2D eigenvalue weighted by molar-refractivity contribution is -0.144. The fourth-order valence-corrected chi connectivity index (χ4v) is 1.35. The van der Waals surface area contributed by atoms with E-state index in [1.54, 1.807) is 19.2 Å². The molecule has 0 aliphatic rings. The van der Waals surface area contributed by atoms with Crippen LogP contribution in [0, 0.1) is 0 Å². The molecule has 0 aliphatic heterocycles. The molecule has 2 N–H and O–H groups in total. The molecular formula is C13H19NO4. The molecule has 0 aliphatic carbocycles. The molecule has 0 saturated heterocycles. The minimum atomic E-state index is -0.972. The van der Waals surface area contributed by atoms with Gasteiger partial charge in [-0.15, -0.1) is 0 Å². The van der Waals surface area contributed by atoms with Gasteiger partial charge in [-0.2, -0.15) is 0 Å². The number of benzene rings is 1. The predicted molar refractivity (Wildman–Crippen MR) is 67.8 cm³/mol. The zero-order valence-electron chi connectivity index (χ0n) is 10.7. The van der Waals surface area contributed by atoms with Gasteiger partial charge in [-0.3, -0.25) is 0 Å². The molecule has 100 valence electrons.